The van der Waals surface area contributed by atoms with E-state index in [1.54, 1.807) is 0 Å². The van der Waals surface area contributed by atoms with E-state index in [-0.39, 0.29) is 6.42 Å². The second-order valence-electron chi connectivity index (χ2n) is 4.72. The third-order valence-corrected chi connectivity index (χ3v) is 3.44. The third-order valence-electron chi connectivity index (χ3n) is 3.44. The normalized spacial score (nSPS) is 15.1. The number of carboxylic acid groups (broad SMARTS) is 1. The van der Waals surface area contributed by atoms with Gasteiger partial charge in [-0.3, -0.25) is 9.69 Å². The van der Waals surface area contributed by atoms with E-state index in [1.807, 2.05) is 12.1 Å². The Morgan fingerprint density at radius 2 is 2.33 bits per heavy atom. The Kier molecular flexibility index (Phi) is 4.15. The molecule has 1 aliphatic heterocycles. The topological polar surface area (TPSA) is 40.5 Å². The molecule has 18 heavy (non-hydrogen) atoms. The molecule has 0 atom stereocenters. The molecule has 1 aromatic carbocycles. The number of carboxylic acids is 1. The van der Waals surface area contributed by atoms with Crippen LogP contribution in [0.1, 0.15) is 23.1 Å². The molecule has 1 aliphatic rings. The Labute approximate surface area is 108 Å². The van der Waals surface area contributed by atoms with Crippen LogP contribution in [0.4, 0.5) is 0 Å². The van der Waals surface area contributed by atoms with Gasteiger partial charge >= 0.3 is 5.97 Å². The number of hydrogen-bond donors (Lipinski definition) is 1. The number of hydrogen-bond acceptors (Lipinski definition) is 2. The summed E-state index contributed by atoms with van der Waals surface area (Å²) in [5.41, 5.74) is 3.90. The van der Waals surface area contributed by atoms with Crippen LogP contribution in [0, 0.1) is 0 Å². The monoisotopic (exact) mass is 245 g/mol. The van der Waals surface area contributed by atoms with Crippen LogP contribution in [0.5, 0.6) is 0 Å². The summed E-state index contributed by atoms with van der Waals surface area (Å²) < 4.78 is 0. The number of aryl methyl sites for hydroxylation is 1. The minimum atomic E-state index is -0.725. The summed E-state index contributed by atoms with van der Waals surface area (Å²) in [6, 6.07) is 6.24. The molecule has 3 nitrogen and oxygen atoms in total. The summed E-state index contributed by atoms with van der Waals surface area (Å²) >= 11 is 0. The number of carbonyl (C=O) groups is 1. The lowest BCUT2D eigenvalue weighted by atomic mass is 9.92. The first-order valence-corrected chi connectivity index (χ1v) is 6.35. The van der Waals surface area contributed by atoms with Crippen molar-refractivity contribution < 1.29 is 9.90 Å². The highest BCUT2D eigenvalue weighted by Gasteiger charge is 2.17. The maximum atomic E-state index is 10.7. The number of nitrogens with zero attached hydrogens (tertiary/aromatic N) is 1. The highest BCUT2D eigenvalue weighted by Crippen LogP contribution is 2.23. The molecule has 1 N–H and O–H groups in total. The highest BCUT2D eigenvalue weighted by atomic mass is 16.4. The maximum absolute atomic E-state index is 10.7. The molecule has 96 valence electrons. The predicted octanol–water partition coefficient (Wildman–Crippen LogP) is 2.25. The molecule has 0 saturated heterocycles. The molecular formula is C15H19NO2. The molecule has 0 aliphatic carbocycles. The Morgan fingerprint density at radius 1 is 1.50 bits per heavy atom. The summed E-state index contributed by atoms with van der Waals surface area (Å²) in [4.78, 5) is 13.0. The van der Waals surface area contributed by atoms with Gasteiger partial charge in [0.2, 0.25) is 0 Å². The van der Waals surface area contributed by atoms with Gasteiger partial charge in [-0.2, -0.15) is 0 Å². The van der Waals surface area contributed by atoms with Crippen LogP contribution >= 0.6 is 0 Å². The van der Waals surface area contributed by atoms with E-state index >= 15 is 0 Å². The molecule has 0 radical (unpaired) electrons. The SMILES string of the molecule is C=CCN1CCc2c(CCC(=O)O)cccc2C1. The average molecular weight is 245 g/mol. The summed E-state index contributed by atoms with van der Waals surface area (Å²) in [7, 11) is 0. The number of fused-ring (bicyclic) bond motifs is 1. The number of rotatable bonds is 5. The van der Waals surface area contributed by atoms with Crippen LogP contribution in [0.25, 0.3) is 0 Å². The smallest absolute Gasteiger partial charge is 0.303 e. The summed E-state index contributed by atoms with van der Waals surface area (Å²) in [6.07, 6.45) is 3.80. The van der Waals surface area contributed by atoms with Gasteiger partial charge in [-0.1, -0.05) is 24.3 Å². The molecule has 3 heteroatoms. The number of aliphatic carboxylic acids is 1. The van der Waals surface area contributed by atoms with Crippen molar-refractivity contribution in [2.45, 2.75) is 25.8 Å². The van der Waals surface area contributed by atoms with E-state index < -0.39 is 5.97 Å². The molecule has 0 unspecified atom stereocenters. The zero-order chi connectivity index (χ0) is 13.0. The molecule has 0 aromatic heterocycles. The third kappa shape index (κ3) is 2.99. The molecule has 2 rings (SSSR count). The van der Waals surface area contributed by atoms with Crippen molar-refractivity contribution in [3.63, 3.8) is 0 Å². The van der Waals surface area contributed by atoms with Crippen LogP contribution < -0.4 is 0 Å². The van der Waals surface area contributed by atoms with Crippen LogP contribution in [0.15, 0.2) is 30.9 Å². The Balaban J connectivity index is 2.13. The molecule has 1 heterocycles. The summed E-state index contributed by atoms with van der Waals surface area (Å²) in [5.74, 6) is -0.725. The van der Waals surface area contributed by atoms with Crippen LogP contribution in [0.2, 0.25) is 0 Å². The molecular weight excluding hydrogens is 226 g/mol. The number of benzene rings is 1. The van der Waals surface area contributed by atoms with Gasteiger partial charge in [0.1, 0.15) is 0 Å². The molecule has 1 aromatic rings. The second-order valence-corrected chi connectivity index (χ2v) is 4.72. The van der Waals surface area contributed by atoms with Crippen molar-refractivity contribution in [2.75, 3.05) is 13.1 Å². The molecule has 0 amide bonds. The lowest BCUT2D eigenvalue weighted by Gasteiger charge is -2.29. The van der Waals surface area contributed by atoms with Gasteiger partial charge in [0.25, 0.3) is 0 Å². The first-order valence-electron chi connectivity index (χ1n) is 6.35. The summed E-state index contributed by atoms with van der Waals surface area (Å²) in [6.45, 7) is 6.66. The fraction of sp³-hybridized carbons (Fsp3) is 0.400. The van der Waals surface area contributed by atoms with E-state index in [0.29, 0.717) is 6.42 Å². The zero-order valence-corrected chi connectivity index (χ0v) is 10.6. The minimum Gasteiger partial charge on any atom is -0.481 e. The van der Waals surface area contributed by atoms with Gasteiger partial charge in [0, 0.05) is 26.1 Å². The molecule has 0 saturated carbocycles. The van der Waals surface area contributed by atoms with E-state index in [0.717, 1.165) is 26.1 Å². The van der Waals surface area contributed by atoms with Crippen molar-refractivity contribution in [2.24, 2.45) is 0 Å². The van der Waals surface area contributed by atoms with Crippen molar-refractivity contribution >= 4 is 5.97 Å². The Hall–Kier alpha value is -1.61. The van der Waals surface area contributed by atoms with E-state index in [2.05, 4.69) is 23.6 Å². The van der Waals surface area contributed by atoms with Crippen LogP contribution in [-0.4, -0.2) is 29.1 Å². The Morgan fingerprint density at radius 3 is 3.06 bits per heavy atom. The zero-order valence-electron chi connectivity index (χ0n) is 10.6. The lowest BCUT2D eigenvalue weighted by molar-refractivity contribution is -0.136. The average Bonchev–Trinajstić information content (AvgIpc) is 2.36. The molecule has 0 fully saturated rings. The van der Waals surface area contributed by atoms with E-state index in [1.165, 1.54) is 16.7 Å². The summed E-state index contributed by atoms with van der Waals surface area (Å²) in [5, 5.41) is 8.77. The first kappa shape index (κ1) is 12.8. The van der Waals surface area contributed by atoms with E-state index in [9.17, 15) is 4.79 Å². The first-order chi connectivity index (χ1) is 8.70. The van der Waals surface area contributed by atoms with Crippen molar-refractivity contribution in [1.29, 1.82) is 0 Å². The van der Waals surface area contributed by atoms with Gasteiger partial charge in [-0.25, -0.2) is 0 Å². The molecule has 0 bridgehead atoms. The lowest BCUT2D eigenvalue weighted by Crippen LogP contribution is -2.31. The highest BCUT2D eigenvalue weighted by molar-refractivity contribution is 5.67. The van der Waals surface area contributed by atoms with Crippen molar-refractivity contribution in [3.8, 4) is 0 Å². The van der Waals surface area contributed by atoms with Crippen LogP contribution in [0.3, 0.4) is 0 Å². The largest absolute Gasteiger partial charge is 0.481 e. The van der Waals surface area contributed by atoms with Gasteiger partial charge in [0.05, 0.1) is 0 Å². The van der Waals surface area contributed by atoms with Crippen LogP contribution in [-0.2, 0) is 24.2 Å². The van der Waals surface area contributed by atoms with Gasteiger partial charge in [0.15, 0.2) is 0 Å². The predicted molar refractivity (Wildman–Crippen MR) is 71.6 cm³/mol. The quantitative estimate of drug-likeness (QED) is 0.809. The van der Waals surface area contributed by atoms with E-state index in [4.69, 9.17) is 5.11 Å². The van der Waals surface area contributed by atoms with Gasteiger partial charge < -0.3 is 5.11 Å². The minimum absolute atomic E-state index is 0.215. The fourth-order valence-electron chi connectivity index (χ4n) is 2.56. The standard InChI is InChI=1S/C15H19NO2/c1-2-9-16-10-8-14-12(6-7-15(17)18)4-3-5-13(14)11-16/h2-5H,1,6-11H2,(H,17,18). The fourth-order valence-corrected chi connectivity index (χ4v) is 2.56. The van der Waals surface area contributed by atoms with Gasteiger partial charge in [-0.05, 0) is 29.5 Å². The van der Waals surface area contributed by atoms with Crippen molar-refractivity contribution in [1.82, 2.24) is 4.90 Å². The van der Waals surface area contributed by atoms with Crippen molar-refractivity contribution in [3.05, 3.63) is 47.5 Å². The van der Waals surface area contributed by atoms with Gasteiger partial charge in [-0.15, -0.1) is 6.58 Å². The maximum Gasteiger partial charge on any atom is 0.303 e. The molecule has 0 spiro atoms. The Bertz CT molecular complexity index is 454. The second kappa shape index (κ2) is 5.83.